The largest absolute Gasteiger partial charge is 0.508 e. The van der Waals surface area contributed by atoms with Crippen LogP contribution in [0.2, 0.25) is 0 Å². The normalized spacial score (nSPS) is 17.6. The van der Waals surface area contributed by atoms with Gasteiger partial charge in [-0.1, -0.05) is 17.4 Å². The molecule has 0 spiro atoms. The summed E-state index contributed by atoms with van der Waals surface area (Å²) in [7, 11) is -3.00. The number of anilines is 3. The molecule has 11 heteroatoms. The second kappa shape index (κ2) is 7.97. The second-order valence-corrected chi connectivity index (χ2v) is 10.9. The van der Waals surface area contributed by atoms with E-state index in [9.17, 15) is 18.3 Å². The molecule has 3 aromatic rings. The summed E-state index contributed by atoms with van der Waals surface area (Å²) in [5.74, 6) is 0.629. The highest BCUT2D eigenvalue weighted by Gasteiger charge is 2.30. The van der Waals surface area contributed by atoms with E-state index in [1.807, 2.05) is 19.9 Å². The Morgan fingerprint density at radius 2 is 2.06 bits per heavy atom. The van der Waals surface area contributed by atoms with Gasteiger partial charge in [0.05, 0.1) is 29.4 Å². The number of phenols is 1. The molecule has 0 bridgehead atoms. The molecule has 2 aromatic heterocycles. The first-order valence-electron chi connectivity index (χ1n) is 9.73. The predicted molar refractivity (Wildman–Crippen MR) is 120 cm³/mol. The molecule has 1 atom stereocenters. The van der Waals surface area contributed by atoms with Crippen LogP contribution in [0.4, 0.5) is 16.6 Å². The molecule has 1 amide bonds. The van der Waals surface area contributed by atoms with Crippen molar-refractivity contribution in [2.75, 3.05) is 22.1 Å². The summed E-state index contributed by atoms with van der Waals surface area (Å²) in [6.45, 7) is 5.48. The minimum absolute atomic E-state index is 0.102. The molecule has 1 aliphatic heterocycles. The van der Waals surface area contributed by atoms with Gasteiger partial charge in [0.2, 0.25) is 0 Å². The maximum atomic E-state index is 12.7. The van der Waals surface area contributed by atoms with E-state index in [4.69, 9.17) is 0 Å². The Kier molecular flexibility index (Phi) is 5.48. The summed E-state index contributed by atoms with van der Waals surface area (Å²) in [6.07, 6.45) is 2.03. The molecule has 1 unspecified atom stereocenters. The zero-order valence-electron chi connectivity index (χ0n) is 17.3. The third-order valence-corrected chi connectivity index (χ3v) is 7.99. The van der Waals surface area contributed by atoms with Gasteiger partial charge in [-0.3, -0.25) is 9.48 Å². The number of sulfone groups is 1. The standard InChI is InChI=1S/C20H23N5O4S2/c1-11-4-5-15(26)13(3)18(11)23-19(27)16-9-21-20(30-16)22-17-8-12(2)25(24-17)14-6-7-31(28,29)10-14/h4-5,8-9,14,26H,6-7,10H2,1-3H3,(H,23,27)(H,21,22,24). The van der Waals surface area contributed by atoms with Gasteiger partial charge >= 0.3 is 0 Å². The van der Waals surface area contributed by atoms with Gasteiger partial charge < -0.3 is 15.7 Å². The van der Waals surface area contributed by atoms with Gasteiger partial charge in [0.25, 0.3) is 5.91 Å². The SMILES string of the molecule is Cc1ccc(O)c(C)c1NC(=O)c1cnc(Nc2cc(C)n(C3CCS(=O)(=O)C3)n2)s1. The maximum absolute atomic E-state index is 12.7. The number of aromatic hydroxyl groups is 1. The first kappa shape index (κ1) is 21.3. The van der Waals surface area contributed by atoms with E-state index in [0.29, 0.717) is 33.5 Å². The lowest BCUT2D eigenvalue weighted by Gasteiger charge is -2.11. The molecule has 3 heterocycles. The van der Waals surface area contributed by atoms with E-state index >= 15 is 0 Å². The van der Waals surface area contributed by atoms with Crippen LogP contribution >= 0.6 is 11.3 Å². The summed E-state index contributed by atoms with van der Waals surface area (Å²) in [4.78, 5) is 17.3. The monoisotopic (exact) mass is 461 g/mol. The minimum atomic E-state index is -3.00. The van der Waals surface area contributed by atoms with Crippen molar-refractivity contribution in [3.63, 3.8) is 0 Å². The van der Waals surface area contributed by atoms with Gasteiger partial charge in [-0.25, -0.2) is 13.4 Å². The van der Waals surface area contributed by atoms with Crippen molar-refractivity contribution in [3.8, 4) is 5.75 Å². The Morgan fingerprint density at radius 3 is 2.77 bits per heavy atom. The number of rotatable bonds is 5. The summed E-state index contributed by atoms with van der Waals surface area (Å²) in [5.41, 5.74) is 2.88. The lowest BCUT2D eigenvalue weighted by atomic mass is 10.1. The molecule has 3 N–H and O–H groups in total. The first-order chi connectivity index (χ1) is 14.6. The fraction of sp³-hybridized carbons (Fsp3) is 0.350. The maximum Gasteiger partial charge on any atom is 0.267 e. The molecular weight excluding hydrogens is 438 g/mol. The summed E-state index contributed by atoms with van der Waals surface area (Å²) in [5, 5.41) is 20.8. The first-order valence-corrected chi connectivity index (χ1v) is 12.4. The van der Waals surface area contributed by atoms with Crippen molar-refractivity contribution >= 4 is 43.7 Å². The molecule has 4 rings (SSSR count). The van der Waals surface area contributed by atoms with Crippen LogP contribution in [0.15, 0.2) is 24.4 Å². The number of hydrogen-bond donors (Lipinski definition) is 3. The third-order valence-electron chi connectivity index (χ3n) is 5.32. The molecule has 1 saturated heterocycles. The number of benzene rings is 1. The number of amides is 1. The van der Waals surface area contributed by atoms with E-state index in [0.717, 1.165) is 11.3 Å². The van der Waals surface area contributed by atoms with Crippen LogP contribution in [-0.4, -0.2) is 45.7 Å². The number of phenolic OH excluding ortho intramolecular Hbond substituents is 1. The van der Waals surface area contributed by atoms with Gasteiger partial charge in [-0.05, 0) is 38.8 Å². The molecule has 31 heavy (non-hydrogen) atoms. The Hall–Kier alpha value is -2.92. The van der Waals surface area contributed by atoms with Crippen LogP contribution in [0.1, 0.15) is 39.0 Å². The Bertz CT molecular complexity index is 1260. The molecule has 0 radical (unpaired) electrons. The third kappa shape index (κ3) is 4.42. The molecule has 1 fully saturated rings. The van der Waals surface area contributed by atoms with Crippen LogP contribution in [0.3, 0.4) is 0 Å². The number of aromatic nitrogens is 3. The van der Waals surface area contributed by atoms with Crippen LogP contribution in [0.25, 0.3) is 0 Å². The van der Waals surface area contributed by atoms with Crippen molar-refractivity contribution in [2.24, 2.45) is 0 Å². The van der Waals surface area contributed by atoms with Crippen LogP contribution in [-0.2, 0) is 9.84 Å². The fourth-order valence-electron chi connectivity index (χ4n) is 3.64. The van der Waals surface area contributed by atoms with Crippen LogP contribution < -0.4 is 10.6 Å². The zero-order chi connectivity index (χ0) is 22.3. The average molecular weight is 462 g/mol. The number of carbonyl (C=O) groups is 1. The number of nitrogens with one attached hydrogen (secondary N) is 2. The molecule has 164 valence electrons. The zero-order valence-corrected chi connectivity index (χ0v) is 19.0. The van der Waals surface area contributed by atoms with Crippen molar-refractivity contribution in [2.45, 2.75) is 33.2 Å². The molecule has 9 nitrogen and oxygen atoms in total. The van der Waals surface area contributed by atoms with Crippen molar-refractivity contribution in [1.82, 2.24) is 14.8 Å². The molecule has 1 aliphatic rings. The lowest BCUT2D eigenvalue weighted by molar-refractivity contribution is 0.103. The van der Waals surface area contributed by atoms with E-state index in [-0.39, 0.29) is 29.2 Å². The Balaban J connectivity index is 1.47. The topological polar surface area (TPSA) is 126 Å². The van der Waals surface area contributed by atoms with E-state index in [1.54, 1.807) is 23.7 Å². The number of hydrogen-bond acceptors (Lipinski definition) is 8. The molecule has 0 saturated carbocycles. The number of aryl methyl sites for hydroxylation is 2. The summed E-state index contributed by atoms with van der Waals surface area (Å²) >= 11 is 1.18. The number of carbonyl (C=O) groups excluding carboxylic acids is 1. The van der Waals surface area contributed by atoms with Gasteiger partial charge in [-0.2, -0.15) is 5.10 Å². The van der Waals surface area contributed by atoms with E-state index in [2.05, 4.69) is 20.7 Å². The van der Waals surface area contributed by atoms with Gasteiger partial charge in [0, 0.05) is 17.3 Å². The van der Waals surface area contributed by atoms with Gasteiger partial charge in [0.1, 0.15) is 10.6 Å². The number of nitrogens with zero attached hydrogens (tertiary/aromatic N) is 3. The van der Waals surface area contributed by atoms with Crippen molar-refractivity contribution in [3.05, 3.63) is 46.1 Å². The van der Waals surface area contributed by atoms with Crippen LogP contribution in [0.5, 0.6) is 5.75 Å². The fourth-order valence-corrected chi connectivity index (χ4v) is 6.05. The highest BCUT2D eigenvalue weighted by Crippen LogP contribution is 2.30. The highest BCUT2D eigenvalue weighted by molar-refractivity contribution is 7.91. The molecule has 0 aliphatic carbocycles. The smallest absolute Gasteiger partial charge is 0.267 e. The van der Waals surface area contributed by atoms with Gasteiger partial charge in [0.15, 0.2) is 20.8 Å². The quantitative estimate of drug-likeness (QED) is 0.532. The highest BCUT2D eigenvalue weighted by atomic mass is 32.2. The van der Waals surface area contributed by atoms with E-state index in [1.165, 1.54) is 17.5 Å². The molecule has 1 aromatic carbocycles. The lowest BCUT2D eigenvalue weighted by Crippen LogP contribution is -2.13. The van der Waals surface area contributed by atoms with Crippen LogP contribution in [0, 0.1) is 20.8 Å². The summed E-state index contributed by atoms with van der Waals surface area (Å²) < 4.78 is 25.3. The van der Waals surface area contributed by atoms with Crippen molar-refractivity contribution in [1.29, 1.82) is 0 Å². The van der Waals surface area contributed by atoms with Gasteiger partial charge in [-0.15, -0.1) is 0 Å². The van der Waals surface area contributed by atoms with E-state index < -0.39 is 9.84 Å². The van der Waals surface area contributed by atoms with Crippen molar-refractivity contribution < 1.29 is 18.3 Å². The summed E-state index contributed by atoms with van der Waals surface area (Å²) in [6, 6.07) is 5.00. The average Bonchev–Trinajstić information content (AvgIpc) is 3.41. The number of thiazole rings is 1. The Morgan fingerprint density at radius 1 is 1.29 bits per heavy atom. The molecular formula is C20H23N5O4S2. The Labute approximate surface area is 184 Å². The minimum Gasteiger partial charge on any atom is -0.508 e. The predicted octanol–water partition coefficient (Wildman–Crippen LogP) is 3.33. The second-order valence-electron chi connectivity index (χ2n) is 7.68.